The van der Waals surface area contributed by atoms with Crippen LogP contribution in [0.3, 0.4) is 0 Å². The van der Waals surface area contributed by atoms with Crippen LogP contribution in [-0.2, 0) is 13.2 Å². The summed E-state index contributed by atoms with van der Waals surface area (Å²) in [6.45, 7) is 0.663. The third kappa shape index (κ3) is 3.90. The molecule has 0 saturated carbocycles. The van der Waals surface area contributed by atoms with Gasteiger partial charge in [0.2, 0.25) is 0 Å². The quantitative estimate of drug-likeness (QED) is 0.710. The Morgan fingerprint density at radius 2 is 2.00 bits per heavy atom. The molecule has 0 saturated heterocycles. The fourth-order valence-electron chi connectivity index (χ4n) is 2.04. The molecule has 2 aromatic carbocycles. The summed E-state index contributed by atoms with van der Waals surface area (Å²) in [6.07, 6.45) is 0. The van der Waals surface area contributed by atoms with Gasteiger partial charge in [-0.1, -0.05) is 28.8 Å². The molecular formula is C15H14ClFN6O. The molecule has 0 atom stereocenters. The molecule has 0 radical (unpaired) electrons. The Morgan fingerprint density at radius 1 is 1.21 bits per heavy atom. The number of ether oxygens (including phenoxy) is 1. The van der Waals surface area contributed by atoms with Crippen LogP contribution in [0.25, 0.3) is 0 Å². The molecule has 7 nitrogen and oxygen atoms in total. The summed E-state index contributed by atoms with van der Waals surface area (Å²) in [6, 6.07) is 11.4. The van der Waals surface area contributed by atoms with Crippen LogP contribution in [0.5, 0.6) is 5.75 Å². The van der Waals surface area contributed by atoms with Crippen molar-refractivity contribution < 1.29 is 9.13 Å². The van der Waals surface area contributed by atoms with Gasteiger partial charge in [0.15, 0.2) is 0 Å². The number of hydrogen-bond donors (Lipinski definition) is 2. The second-order valence-corrected chi connectivity index (χ2v) is 5.39. The zero-order chi connectivity index (χ0) is 16.9. The van der Waals surface area contributed by atoms with Crippen LogP contribution in [-0.4, -0.2) is 20.3 Å². The maximum Gasteiger partial charge on any atom is 0.260 e. The maximum atomic E-state index is 12.9. The molecule has 3 rings (SSSR count). The largest absolute Gasteiger partial charge is 0.489 e. The van der Waals surface area contributed by atoms with E-state index in [1.54, 1.807) is 30.3 Å². The van der Waals surface area contributed by atoms with Gasteiger partial charge in [0.25, 0.3) is 5.95 Å². The van der Waals surface area contributed by atoms with Crippen LogP contribution in [0, 0.1) is 5.82 Å². The van der Waals surface area contributed by atoms with Gasteiger partial charge >= 0.3 is 0 Å². The van der Waals surface area contributed by atoms with E-state index in [1.807, 2.05) is 0 Å². The third-order valence-electron chi connectivity index (χ3n) is 3.24. The average Bonchev–Trinajstić information content (AvgIpc) is 2.98. The summed E-state index contributed by atoms with van der Waals surface area (Å²) in [4.78, 5) is 1.25. The van der Waals surface area contributed by atoms with Crippen molar-refractivity contribution in [3.8, 4) is 5.75 Å². The lowest BCUT2D eigenvalue weighted by molar-refractivity contribution is 0.303. The fraction of sp³-hybridized carbons (Fsp3) is 0.133. The molecule has 0 amide bonds. The van der Waals surface area contributed by atoms with E-state index in [1.165, 1.54) is 16.9 Å². The van der Waals surface area contributed by atoms with Crippen LogP contribution in [0.2, 0.25) is 5.02 Å². The van der Waals surface area contributed by atoms with Gasteiger partial charge in [0, 0.05) is 10.6 Å². The van der Waals surface area contributed by atoms with Crippen molar-refractivity contribution in [2.24, 2.45) is 0 Å². The predicted octanol–water partition coefficient (Wildman–Crippen LogP) is 2.37. The Labute approximate surface area is 142 Å². The van der Waals surface area contributed by atoms with Gasteiger partial charge in [-0.2, -0.15) is 0 Å². The molecular weight excluding hydrogens is 335 g/mol. The minimum absolute atomic E-state index is 0.144. The number of rotatable bonds is 6. The predicted molar refractivity (Wildman–Crippen MR) is 87.5 cm³/mol. The topological polar surface area (TPSA) is 90.9 Å². The summed E-state index contributed by atoms with van der Waals surface area (Å²) in [5, 5.41) is 11.3. The minimum atomic E-state index is -0.283. The maximum absolute atomic E-state index is 12.9. The number of anilines is 1. The van der Waals surface area contributed by atoms with E-state index >= 15 is 0 Å². The van der Waals surface area contributed by atoms with Crippen molar-refractivity contribution in [3.05, 3.63) is 64.4 Å². The van der Waals surface area contributed by atoms with Crippen LogP contribution in [0.15, 0.2) is 42.5 Å². The lowest BCUT2D eigenvalue weighted by Crippen LogP contribution is -2.18. The zero-order valence-electron chi connectivity index (χ0n) is 12.5. The molecule has 3 N–H and O–H groups in total. The van der Waals surface area contributed by atoms with Crippen molar-refractivity contribution in [1.82, 2.24) is 20.3 Å². The molecule has 0 spiro atoms. The molecule has 124 valence electrons. The van der Waals surface area contributed by atoms with Crippen LogP contribution >= 0.6 is 11.6 Å². The summed E-state index contributed by atoms with van der Waals surface area (Å²) >= 11 is 6.05. The Balaban J connectivity index is 1.70. The number of nitrogen functional groups attached to an aromatic ring is 1. The monoisotopic (exact) mass is 348 g/mol. The summed E-state index contributed by atoms with van der Waals surface area (Å²) in [7, 11) is 0. The molecule has 0 fully saturated rings. The molecule has 9 heteroatoms. The van der Waals surface area contributed by atoms with Crippen molar-refractivity contribution in [2.75, 3.05) is 11.2 Å². The van der Waals surface area contributed by atoms with E-state index in [9.17, 15) is 4.39 Å². The molecule has 24 heavy (non-hydrogen) atoms. The highest BCUT2D eigenvalue weighted by atomic mass is 35.5. The van der Waals surface area contributed by atoms with Crippen molar-refractivity contribution in [3.63, 3.8) is 0 Å². The molecule has 1 heterocycles. The minimum Gasteiger partial charge on any atom is -0.489 e. The molecule has 0 aliphatic carbocycles. The highest BCUT2D eigenvalue weighted by Gasteiger charge is 2.07. The van der Waals surface area contributed by atoms with E-state index in [0.717, 1.165) is 11.1 Å². The first-order valence-electron chi connectivity index (χ1n) is 7.05. The van der Waals surface area contributed by atoms with Gasteiger partial charge in [-0.15, -0.1) is 4.79 Å². The third-order valence-corrected chi connectivity index (χ3v) is 3.48. The Hall–Kier alpha value is -2.87. The summed E-state index contributed by atoms with van der Waals surface area (Å²) in [5.41, 5.74) is 10.2. The molecule has 0 aliphatic rings. The number of nitrogens with one attached hydrogen (secondary N) is 1. The number of halogens is 2. The zero-order valence-corrected chi connectivity index (χ0v) is 13.2. The SMILES string of the molecule is Nc1nnnn1NCc1cc(Cl)ccc1OCc1ccc(F)cc1. The van der Waals surface area contributed by atoms with Gasteiger partial charge in [-0.25, -0.2) is 4.39 Å². The number of aromatic nitrogens is 4. The molecule has 3 aromatic rings. The standard InChI is InChI=1S/C15H14ClFN6O/c16-12-3-6-14(24-9-10-1-4-13(17)5-2-10)11(7-12)8-19-23-15(18)20-21-22-23/h1-7,19H,8-9H2,(H2,18,20,22). The van der Waals surface area contributed by atoms with Crippen molar-refractivity contribution >= 4 is 17.5 Å². The van der Waals surface area contributed by atoms with E-state index in [4.69, 9.17) is 22.1 Å². The van der Waals surface area contributed by atoms with Crippen LogP contribution in [0.1, 0.15) is 11.1 Å². The Kier molecular flexibility index (Phi) is 4.76. The average molecular weight is 349 g/mol. The van der Waals surface area contributed by atoms with Gasteiger partial charge in [-0.3, -0.25) is 0 Å². The number of hydrogen-bond acceptors (Lipinski definition) is 6. The van der Waals surface area contributed by atoms with Crippen LogP contribution in [0.4, 0.5) is 10.3 Å². The number of benzene rings is 2. The van der Waals surface area contributed by atoms with E-state index in [0.29, 0.717) is 23.9 Å². The van der Waals surface area contributed by atoms with E-state index in [-0.39, 0.29) is 11.8 Å². The van der Waals surface area contributed by atoms with Crippen molar-refractivity contribution in [2.45, 2.75) is 13.2 Å². The number of nitrogens with zero attached hydrogens (tertiary/aromatic N) is 4. The first-order valence-corrected chi connectivity index (χ1v) is 7.43. The molecule has 0 aliphatic heterocycles. The first-order chi connectivity index (χ1) is 11.6. The Morgan fingerprint density at radius 3 is 2.71 bits per heavy atom. The molecule has 1 aromatic heterocycles. The van der Waals surface area contributed by atoms with Gasteiger partial charge in [0.05, 0.1) is 6.54 Å². The van der Waals surface area contributed by atoms with Gasteiger partial charge in [0.1, 0.15) is 18.2 Å². The summed E-state index contributed by atoms with van der Waals surface area (Å²) in [5.74, 6) is 0.503. The highest BCUT2D eigenvalue weighted by molar-refractivity contribution is 6.30. The second-order valence-electron chi connectivity index (χ2n) is 4.95. The lowest BCUT2D eigenvalue weighted by Gasteiger charge is -2.13. The lowest BCUT2D eigenvalue weighted by atomic mass is 10.2. The van der Waals surface area contributed by atoms with Gasteiger partial charge < -0.3 is 15.9 Å². The molecule has 0 unspecified atom stereocenters. The normalized spacial score (nSPS) is 10.6. The number of tetrazole rings is 1. The first kappa shape index (κ1) is 16.0. The summed E-state index contributed by atoms with van der Waals surface area (Å²) < 4.78 is 18.7. The van der Waals surface area contributed by atoms with Crippen molar-refractivity contribution in [1.29, 1.82) is 0 Å². The van der Waals surface area contributed by atoms with E-state index in [2.05, 4.69) is 21.0 Å². The van der Waals surface area contributed by atoms with Gasteiger partial charge in [-0.05, 0) is 46.3 Å². The smallest absolute Gasteiger partial charge is 0.260 e. The second kappa shape index (κ2) is 7.14. The Bertz CT molecular complexity index is 823. The van der Waals surface area contributed by atoms with Crippen LogP contribution < -0.4 is 15.9 Å². The highest BCUT2D eigenvalue weighted by Crippen LogP contribution is 2.24. The van der Waals surface area contributed by atoms with E-state index < -0.39 is 0 Å². The molecule has 0 bridgehead atoms. The fourth-order valence-corrected chi connectivity index (χ4v) is 2.23. The number of nitrogens with two attached hydrogens (primary N) is 1.